The van der Waals surface area contributed by atoms with Crippen molar-refractivity contribution in [2.45, 2.75) is 26.2 Å². The van der Waals surface area contributed by atoms with Crippen molar-refractivity contribution >= 4 is 120 Å². The Labute approximate surface area is 339 Å². The molecule has 2 aliphatic carbocycles. The second-order valence-corrected chi connectivity index (χ2v) is 17.7. The lowest BCUT2D eigenvalue weighted by molar-refractivity contribution is 0.726. The molecule has 272 valence electrons. The van der Waals surface area contributed by atoms with E-state index in [4.69, 9.17) is 0 Å². The number of hydrogen-bond acceptors (Lipinski definition) is 4. The summed E-state index contributed by atoms with van der Waals surface area (Å²) in [6.45, 7) is 2.33. The quantitative estimate of drug-likeness (QED) is 0.156. The summed E-state index contributed by atoms with van der Waals surface area (Å²) in [6.07, 6.45) is 15.1. The second kappa shape index (κ2) is 12.9. The maximum atomic E-state index is 2.56. The maximum Gasteiger partial charge on any atom is 0.0640 e. The van der Waals surface area contributed by atoms with E-state index in [2.05, 4.69) is 187 Å². The van der Waals surface area contributed by atoms with Gasteiger partial charge in [-0.15, -0.1) is 22.7 Å². The summed E-state index contributed by atoms with van der Waals surface area (Å²) in [5, 5.41) is 11.6. The standard InChI is InChI=1S/C53H38N2S2/c1-33-12-9-15-37(32-33)55(47-21-11-19-41-39-17-6-8-23-49(39)57-53(41)47)45-31-27-35-24-28-42-44(30-26-34-25-29-43(45)51(35)50(34)42)54(36-13-3-2-4-14-36)46-20-10-18-40-38-16-5-7-22-48(38)56-52(40)46/h2-7,9-11,13-22,24-33H,8,12,23H2,1H3. The molecular formula is C53H38N2S2. The molecule has 8 aromatic carbocycles. The Bertz CT molecular complexity index is 3310. The number of thiophene rings is 2. The molecule has 10 aromatic rings. The Morgan fingerprint density at radius 2 is 1.16 bits per heavy atom. The Balaban J connectivity index is 1.12. The molecule has 2 aliphatic rings. The van der Waals surface area contributed by atoms with Crippen LogP contribution in [0.2, 0.25) is 0 Å². The normalized spacial score (nSPS) is 15.4. The third-order valence-corrected chi connectivity index (χ3v) is 14.6. The fourth-order valence-corrected chi connectivity index (χ4v) is 12.1. The first-order chi connectivity index (χ1) is 28.2. The molecule has 1 atom stereocenters. The van der Waals surface area contributed by atoms with Gasteiger partial charge in [-0.2, -0.15) is 0 Å². The Hall–Kier alpha value is -6.20. The molecular weight excluding hydrogens is 729 g/mol. The van der Waals surface area contributed by atoms with Crippen LogP contribution in [0.25, 0.3) is 68.7 Å². The molecule has 0 aliphatic heterocycles. The van der Waals surface area contributed by atoms with Gasteiger partial charge in [-0.1, -0.05) is 128 Å². The fraction of sp³-hybridized carbons (Fsp3) is 0.0943. The topological polar surface area (TPSA) is 6.48 Å². The van der Waals surface area contributed by atoms with Gasteiger partial charge < -0.3 is 9.80 Å². The van der Waals surface area contributed by atoms with E-state index in [9.17, 15) is 0 Å². The number of aryl methyl sites for hydroxylation is 1. The van der Waals surface area contributed by atoms with Crippen molar-refractivity contribution in [1.29, 1.82) is 0 Å². The lowest BCUT2D eigenvalue weighted by Gasteiger charge is -2.31. The van der Waals surface area contributed by atoms with E-state index in [1.54, 1.807) is 0 Å². The number of allylic oxidation sites excluding steroid dienone is 4. The first kappa shape index (κ1) is 33.0. The number of benzene rings is 8. The van der Waals surface area contributed by atoms with Crippen molar-refractivity contribution in [1.82, 2.24) is 0 Å². The van der Waals surface area contributed by atoms with E-state index < -0.39 is 0 Å². The SMILES string of the molecule is CC1C=C(N(c2ccc3ccc4c(N(c5ccccc5)c5cccc6c5sc5ccccc56)ccc5ccc2c3c54)c2cccc3c4c(sc23)CCC=C4)C=CC1. The third kappa shape index (κ3) is 5.07. The van der Waals surface area contributed by atoms with Crippen molar-refractivity contribution in [2.24, 2.45) is 5.92 Å². The van der Waals surface area contributed by atoms with E-state index >= 15 is 0 Å². The van der Waals surface area contributed by atoms with E-state index in [0.29, 0.717) is 5.92 Å². The highest BCUT2D eigenvalue weighted by Gasteiger charge is 2.26. The molecule has 4 heteroatoms. The summed E-state index contributed by atoms with van der Waals surface area (Å²) in [4.78, 5) is 6.55. The van der Waals surface area contributed by atoms with Crippen molar-refractivity contribution in [3.63, 3.8) is 0 Å². The third-order valence-electron chi connectivity index (χ3n) is 12.1. The minimum Gasteiger partial charge on any atom is -0.309 e. The predicted molar refractivity (Wildman–Crippen MR) is 250 cm³/mol. The molecule has 0 radical (unpaired) electrons. The van der Waals surface area contributed by atoms with Gasteiger partial charge in [0.15, 0.2) is 0 Å². The van der Waals surface area contributed by atoms with Crippen LogP contribution in [0.5, 0.6) is 0 Å². The monoisotopic (exact) mass is 766 g/mol. The largest absolute Gasteiger partial charge is 0.309 e. The second-order valence-electron chi connectivity index (χ2n) is 15.6. The smallest absolute Gasteiger partial charge is 0.0640 e. The first-order valence-corrected chi connectivity index (χ1v) is 21.7. The van der Waals surface area contributed by atoms with Gasteiger partial charge in [-0.05, 0) is 101 Å². The number of hydrogen-bond donors (Lipinski definition) is 0. The van der Waals surface area contributed by atoms with Gasteiger partial charge in [0.1, 0.15) is 0 Å². The van der Waals surface area contributed by atoms with E-state index in [1.165, 1.54) is 101 Å². The van der Waals surface area contributed by atoms with Crippen LogP contribution in [0.15, 0.2) is 170 Å². The molecule has 0 saturated heterocycles. The lowest BCUT2D eigenvalue weighted by atomic mass is 9.91. The molecule has 2 heterocycles. The van der Waals surface area contributed by atoms with Crippen LogP contribution in [0.1, 0.15) is 30.2 Å². The zero-order valence-electron chi connectivity index (χ0n) is 31.6. The zero-order valence-corrected chi connectivity index (χ0v) is 33.2. The van der Waals surface area contributed by atoms with Gasteiger partial charge >= 0.3 is 0 Å². The van der Waals surface area contributed by atoms with Gasteiger partial charge in [-0.25, -0.2) is 0 Å². The highest BCUT2D eigenvalue weighted by Crippen LogP contribution is 2.51. The van der Waals surface area contributed by atoms with Crippen LogP contribution >= 0.6 is 22.7 Å². The van der Waals surface area contributed by atoms with Crippen molar-refractivity contribution in [3.8, 4) is 0 Å². The number of anilines is 5. The molecule has 12 rings (SSSR count). The summed E-state index contributed by atoms with van der Waals surface area (Å²) < 4.78 is 3.98. The number of para-hydroxylation sites is 1. The number of nitrogens with zero attached hydrogens (tertiary/aromatic N) is 2. The molecule has 0 fully saturated rings. The average molecular weight is 767 g/mol. The van der Waals surface area contributed by atoms with Gasteiger partial charge in [0.2, 0.25) is 0 Å². The molecule has 2 nitrogen and oxygen atoms in total. The van der Waals surface area contributed by atoms with E-state index in [1.807, 2.05) is 22.7 Å². The van der Waals surface area contributed by atoms with E-state index in [0.717, 1.165) is 24.9 Å². The molecule has 2 aromatic heterocycles. The van der Waals surface area contributed by atoms with Crippen molar-refractivity contribution in [3.05, 3.63) is 180 Å². The van der Waals surface area contributed by atoms with Gasteiger partial charge in [0.05, 0.1) is 32.1 Å². The van der Waals surface area contributed by atoms with Crippen LogP contribution < -0.4 is 9.80 Å². The zero-order chi connectivity index (χ0) is 37.6. The number of rotatable bonds is 6. The van der Waals surface area contributed by atoms with Gasteiger partial charge in [-0.3, -0.25) is 0 Å². The van der Waals surface area contributed by atoms with Crippen molar-refractivity contribution < 1.29 is 0 Å². The van der Waals surface area contributed by atoms with Gasteiger partial charge in [0, 0.05) is 47.9 Å². The van der Waals surface area contributed by atoms with E-state index in [-0.39, 0.29) is 0 Å². The molecule has 0 saturated carbocycles. The summed E-state index contributed by atoms with van der Waals surface area (Å²) in [5.74, 6) is 0.461. The summed E-state index contributed by atoms with van der Waals surface area (Å²) in [5.41, 5.74) is 8.66. The van der Waals surface area contributed by atoms with Crippen LogP contribution in [-0.2, 0) is 6.42 Å². The molecule has 1 unspecified atom stereocenters. The summed E-state index contributed by atoms with van der Waals surface area (Å²) in [6, 6.07) is 52.2. The first-order valence-electron chi connectivity index (χ1n) is 20.0. The molecule has 0 N–H and O–H groups in total. The Morgan fingerprint density at radius 1 is 0.509 bits per heavy atom. The molecule has 0 bridgehead atoms. The Morgan fingerprint density at radius 3 is 1.93 bits per heavy atom. The highest BCUT2D eigenvalue weighted by atomic mass is 32.1. The maximum absolute atomic E-state index is 2.56. The molecule has 57 heavy (non-hydrogen) atoms. The lowest BCUT2D eigenvalue weighted by Crippen LogP contribution is -2.18. The van der Waals surface area contributed by atoms with Crippen LogP contribution in [0.4, 0.5) is 28.4 Å². The summed E-state index contributed by atoms with van der Waals surface area (Å²) in [7, 11) is 0. The molecule has 0 spiro atoms. The molecule has 0 amide bonds. The number of fused-ring (bicyclic) bond motifs is 6. The average Bonchev–Trinajstić information content (AvgIpc) is 3.84. The minimum atomic E-state index is 0.461. The van der Waals surface area contributed by atoms with Crippen LogP contribution in [-0.4, -0.2) is 0 Å². The predicted octanol–water partition coefficient (Wildman–Crippen LogP) is 16.2. The highest BCUT2D eigenvalue weighted by molar-refractivity contribution is 7.26. The summed E-state index contributed by atoms with van der Waals surface area (Å²) >= 11 is 3.87. The van der Waals surface area contributed by atoms with Gasteiger partial charge in [0.25, 0.3) is 0 Å². The van der Waals surface area contributed by atoms with Crippen molar-refractivity contribution in [2.75, 3.05) is 9.80 Å². The fourth-order valence-electron chi connectivity index (χ4n) is 9.56. The van der Waals surface area contributed by atoms with Crippen LogP contribution in [0, 0.1) is 5.92 Å². The van der Waals surface area contributed by atoms with Crippen LogP contribution in [0.3, 0.4) is 0 Å². The Kier molecular flexibility index (Phi) is 7.48. The minimum absolute atomic E-state index is 0.461.